The maximum Gasteiger partial charge on any atom is 0.142 e. The van der Waals surface area contributed by atoms with E-state index in [-0.39, 0.29) is 0 Å². The molecule has 1 saturated heterocycles. The van der Waals surface area contributed by atoms with Crippen molar-refractivity contribution in [2.24, 2.45) is 0 Å². The van der Waals surface area contributed by atoms with Gasteiger partial charge in [0.25, 0.3) is 0 Å². The van der Waals surface area contributed by atoms with Crippen molar-refractivity contribution < 1.29 is 4.74 Å². The molecule has 4 aromatic carbocycles. The molecule has 0 radical (unpaired) electrons. The summed E-state index contributed by atoms with van der Waals surface area (Å²) in [5, 5.41) is 4.02. The van der Waals surface area contributed by atoms with Crippen molar-refractivity contribution in [2.45, 2.75) is 5.54 Å². The lowest BCUT2D eigenvalue weighted by atomic mass is 9.77. The molecule has 0 unspecified atom stereocenters. The SMILES string of the molecule is COc1ccccc1N1CCN(CCNC(c2ccccc2)(c2ccccc2)c2ccccc2)CC1. The van der Waals surface area contributed by atoms with Gasteiger partial charge in [0.15, 0.2) is 0 Å². The summed E-state index contributed by atoms with van der Waals surface area (Å²) in [5.41, 5.74) is 4.53. The molecule has 0 amide bonds. The molecule has 4 heteroatoms. The van der Waals surface area contributed by atoms with Gasteiger partial charge >= 0.3 is 0 Å². The highest BCUT2D eigenvalue weighted by atomic mass is 16.5. The number of nitrogens with one attached hydrogen (secondary N) is 1. The number of anilines is 1. The van der Waals surface area contributed by atoms with Crippen molar-refractivity contribution in [3.05, 3.63) is 132 Å². The Kier molecular flexibility index (Phi) is 7.65. The van der Waals surface area contributed by atoms with Crippen LogP contribution in [0.1, 0.15) is 16.7 Å². The molecule has 1 aliphatic rings. The Morgan fingerprint density at radius 3 is 1.61 bits per heavy atom. The fourth-order valence-electron chi connectivity index (χ4n) is 5.38. The quantitative estimate of drug-likeness (QED) is 0.327. The van der Waals surface area contributed by atoms with Crippen molar-refractivity contribution in [1.29, 1.82) is 0 Å². The standard InChI is InChI=1S/C32H35N3O/c1-36-31-20-12-11-19-30(31)35-25-23-34(24-26-35)22-21-33-32(27-13-5-2-6-14-27,28-15-7-3-8-16-28)29-17-9-4-10-18-29/h2-20,33H,21-26H2,1H3. The van der Waals surface area contributed by atoms with Crippen molar-refractivity contribution in [1.82, 2.24) is 10.2 Å². The summed E-state index contributed by atoms with van der Waals surface area (Å²) in [4.78, 5) is 5.00. The minimum atomic E-state index is -0.414. The number of para-hydroxylation sites is 2. The van der Waals surface area contributed by atoms with Crippen molar-refractivity contribution in [2.75, 3.05) is 51.3 Å². The van der Waals surface area contributed by atoms with Crippen LogP contribution in [0.25, 0.3) is 0 Å². The highest BCUT2D eigenvalue weighted by Crippen LogP contribution is 2.36. The molecule has 4 aromatic rings. The van der Waals surface area contributed by atoms with Gasteiger partial charge in [-0.2, -0.15) is 0 Å². The second-order valence-electron chi connectivity index (χ2n) is 9.28. The Morgan fingerprint density at radius 1 is 0.639 bits per heavy atom. The van der Waals surface area contributed by atoms with Crippen LogP contribution in [-0.2, 0) is 5.54 Å². The highest BCUT2D eigenvalue weighted by molar-refractivity contribution is 5.58. The molecule has 1 aliphatic heterocycles. The fourth-order valence-corrected chi connectivity index (χ4v) is 5.38. The number of nitrogens with zero attached hydrogens (tertiary/aromatic N) is 2. The van der Waals surface area contributed by atoms with Crippen molar-refractivity contribution >= 4 is 5.69 Å². The van der Waals surface area contributed by atoms with Crippen molar-refractivity contribution in [3.63, 3.8) is 0 Å². The third-order valence-corrected chi connectivity index (χ3v) is 7.24. The van der Waals surface area contributed by atoms with E-state index < -0.39 is 5.54 Å². The summed E-state index contributed by atoms with van der Waals surface area (Å²) in [5.74, 6) is 0.950. The molecule has 1 N–H and O–H groups in total. The van der Waals surface area contributed by atoms with Gasteiger partial charge in [-0.1, -0.05) is 103 Å². The number of methoxy groups -OCH3 is 1. The van der Waals surface area contributed by atoms with Gasteiger partial charge in [-0.3, -0.25) is 10.2 Å². The number of hydrogen-bond donors (Lipinski definition) is 1. The maximum absolute atomic E-state index is 5.59. The molecule has 0 spiro atoms. The first-order valence-corrected chi connectivity index (χ1v) is 12.8. The summed E-state index contributed by atoms with van der Waals surface area (Å²) in [7, 11) is 1.75. The van der Waals surface area contributed by atoms with Crippen LogP contribution >= 0.6 is 0 Å². The Balaban J connectivity index is 1.33. The summed E-state index contributed by atoms with van der Waals surface area (Å²) in [6, 6.07) is 40.8. The first-order chi connectivity index (χ1) is 17.8. The lowest BCUT2D eigenvalue weighted by Gasteiger charge is -2.39. The van der Waals surface area contributed by atoms with Gasteiger partial charge in [0.05, 0.1) is 18.3 Å². The van der Waals surface area contributed by atoms with Crippen LogP contribution in [0, 0.1) is 0 Å². The van der Waals surface area contributed by atoms with Crippen LogP contribution in [0.3, 0.4) is 0 Å². The van der Waals surface area contributed by atoms with Gasteiger partial charge < -0.3 is 9.64 Å². The number of benzene rings is 4. The van der Waals surface area contributed by atoms with Gasteiger partial charge in [0.2, 0.25) is 0 Å². The molecule has 1 heterocycles. The van der Waals surface area contributed by atoms with Crippen LogP contribution in [0.4, 0.5) is 5.69 Å². The monoisotopic (exact) mass is 477 g/mol. The molecule has 5 rings (SSSR count). The maximum atomic E-state index is 5.59. The van der Waals surface area contributed by atoms with E-state index in [0.717, 1.165) is 45.0 Å². The predicted molar refractivity (Wildman–Crippen MR) is 149 cm³/mol. The van der Waals surface area contributed by atoms with Crippen LogP contribution in [-0.4, -0.2) is 51.3 Å². The second-order valence-corrected chi connectivity index (χ2v) is 9.28. The van der Waals surface area contributed by atoms with E-state index in [1.54, 1.807) is 7.11 Å². The van der Waals surface area contributed by atoms with E-state index in [9.17, 15) is 0 Å². The van der Waals surface area contributed by atoms with Gasteiger partial charge in [-0.15, -0.1) is 0 Å². The smallest absolute Gasteiger partial charge is 0.142 e. The van der Waals surface area contributed by atoms with E-state index in [1.165, 1.54) is 22.4 Å². The number of rotatable bonds is 9. The minimum absolute atomic E-state index is 0.414. The lowest BCUT2D eigenvalue weighted by molar-refractivity contribution is 0.250. The largest absolute Gasteiger partial charge is 0.495 e. The third kappa shape index (κ3) is 5.01. The summed E-state index contributed by atoms with van der Waals surface area (Å²) < 4.78 is 5.59. The first kappa shape index (κ1) is 24.1. The topological polar surface area (TPSA) is 27.7 Å². The molecule has 0 aliphatic carbocycles. The average Bonchev–Trinajstić information content (AvgIpc) is 2.97. The number of ether oxygens (including phenoxy) is 1. The highest BCUT2D eigenvalue weighted by Gasteiger charge is 2.35. The predicted octanol–water partition coefficient (Wildman–Crippen LogP) is 5.40. The fraction of sp³-hybridized carbons (Fsp3) is 0.250. The molecule has 0 aromatic heterocycles. The Hall–Kier alpha value is -3.60. The lowest BCUT2D eigenvalue weighted by Crippen LogP contribution is -2.51. The molecule has 184 valence electrons. The zero-order valence-electron chi connectivity index (χ0n) is 21.0. The zero-order chi connectivity index (χ0) is 24.6. The molecule has 1 fully saturated rings. The number of piperazine rings is 1. The molecule has 4 nitrogen and oxygen atoms in total. The molecule has 0 bridgehead atoms. The van der Waals surface area contributed by atoms with E-state index in [1.807, 2.05) is 12.1 Å². The molecular weight excluding hydrogens is 442 g/mol. The van der Waals surface area contributed by atoms with E-state index in [4.69, 9.17) is 4.74 Å². The Morgan fingerprint density at radius 2 is 1.11 bits per heavy atom. The average molecular weight is 478 g/mol. The van der Waals surface area contributed by atoms with Gasteiger partial charge in [0.1, 0.15) is 5.75 Å². The van der Waals surface area contributed by atoms with Gasteiger partial charge in [-0.25, -0.2) is 0 Å². The molecule has 36 heavy (non-hydrogen) atoms. The van der Waals surface area contributed by atoms with Crippen LogP contribution < -0.4 is 15.0 Å². The summed E-state index contributed by atoms with van der Waals surface area (Å²) in [6.07, 6.45) is 0. The Bertz CT molecular complexity index is 1110. The molecular formula is C32H35N3O. The Labute approximate surface area is 215 Å². The second kappa shape index (κ2) is 11.4. The normalized spacial score (nSPS) is 14.5. The van der Waals surface area contributed by atoms with Crippen LogP contribution in [0.5, 0.6) is 5.75 Å². The molecule has 0 saturated carbocycles. The van der Waals surface area contributed by atoms with E-state index >= 15 is 0 Å². The summed E-state index contributed by atoms with van der Waals surface area (Å²) in [6.45, 7) is 5.95. The zero-order valence-corrected chi connectivity index (χ0v) is 21.0. The molecule has 0 atom stereocenters. The van der Waals surface area contributed by atoms with Gasteiger partial charge in [-0.05, 0) is 28.8 Å². The number of hydrogen-bond acceptors (Lipinski definition) is 4. The first-order valence-electron chi connectivity index (χ1n) is 12.8. The van der Waals surface area contributed by atoms with Crippen LogP contribution in [0.15, 0.2) is 115 Å². The summed E-state index contributed by atoms with van der Waals surface area (Å²) >= 11 is 0. The van der Waals surface area contributed by atoms with Crippen molar-refractivity contribution in [3.8, 4) is 5.75 Å². The minimum Gasteiger partial charge on any atom is -0.495 e. The van der Waals surface area contributed by atoms with Gasteiger partial charge in [0, 0.05) is 39.3 Å². The van der Waals surface area contributed by atoms with Crippen LogP contribution in [0.2, 0.25) is 0 Å². The third-order valence-electron chi connectivity index (χ3n) is 7.24. The van der Waals surface area contributed by atoms with E-state index in [2.05, 4.69) is 118 Å². The van der Waals surface area contributed by atoms with E-state index in [0.29, 0.717) is 0 Å².